The number of ether oxygens (including phenoxy) is 1. The molecule has 1 aromatic rings. The molecule has 0 amide bonds. The van der Waals surface area contributed by atoms with Crippen LogP contribution in [0.3, 0.4) is 0 Å². The first-order chi connectivity index (χ1) is 7.54. The van der Waals surface area contributed by atoms with Gasteiger partial charge in [-0.05, 0) is 18.6 Å². The van der Waals surface area contributed by atoms with Gasteiger partial charge in [0, 0.05) is 12.0 Å². The van der Waals surface area contributed by atoms with E-state index in [0.29, 0.717) is 5.75 Å². The van der Waals surface area contributed by atoms with Gasteiger partial charge in [-0.1, -0.05) is 25.4 Å². The normalized spacial score (nSPS) is 12.2. The SMILES string of the molecule is CCC(C)C(=O)COc1ccc(F)c(Cl)c1. The molecule has 1 rings (SSSR count). The fourth-order valence-electron chi connectivity index (χ4n) is 1.09. The number of carbonyl (C=O) groups excluding carboxylic acids is 1. The number of Topliss-reactive ketones (excluding diaryl/α,β-unsaturated/α-hetero) is 1. The molecule has 0 aromatic heterocycles. The summed E-state index contributed by atoms with van der Waals surface area (Å²) in [6.45, 7) is 3.79. The van der Waals surface area contributed by atoms with Crippen molar-refractivity contribution in [1.29, 1.82) is 0 Å². The van der Waals surface area contributed by atoms with Gasteiger partial charge in [-0.2, -0.15) is 0 Å². The minimum Gasteiger partial charge on any atom is -0.486 e. The maximum Gasteiger partial charge on any atom is 0.172 e. The molecule has 0 saturated heterocycles. The first kappa shape index (κ1) is 13.0. The largest absolute Gasteiger partial charge is 0.486 e. The van der Waals surface area contributed by atoms with Gasteiger partial charge in [0.1, 0.15) is 18.2 Å². The highest BCUT2D eigenvalue weighted by molar-refractivity contribution is 6.30. The summed E-state index contributed by atoms with van der Waals surface area (Å²) in [7, 11) is 0. The maximum atomic E-state index is 12.8. The minimum absolute atomic E-state index is 0.00301. The van der Waals surface area contributed by atoms with Crippen LogP contribution in [0.4, 0.5) is 4.39 Å². The number of benzene rings is 1. The second-order valence-electron chi connectivity index (χ2n) is 3.64. The number of halogens is 2. The van der Waals surface area contributed by atoms with Crippen molar-refractivity contribution in [1.82, 2.24) is 0 Å². The van der Waals surface area contributed by atoms with E-state index in [9.17, 15) is 9.18 Å². The van der Waals surface area contributed by atoms with Crippen molar-refractivity contribution < 1.29 is 13.9 Å². The summed E-state index contributed by atoms with van der Waals surface area (Å²) in [5, 5.41) is -0.00603. The van der Waals surface area contributed by atoms with E-state index in [4.69, 9.17) is 16.3 Å². The lowest BCUT2D eigenvalue weighted by Crippen LogP contribution is -2.18. The van der Waals surface area contributed by atoms with E-state index < -0.39 is 5.82 Å². The lowest BCUT2D eigenvalue weighted by atomic mass is 10.1. The molecule has 2 nitrogen and oxygen atoms in total. The molecule has 1 aromatic carbocycles. The fourth-order valence-corrected chi connectivity index (χ4v) is 1.26. The van der Waals surface area contributed by atoms with Gasteiger partial charge < -0.3 is 4.74 Å². The molecule has 16 heavy (non-hydrogen) atoms. The molecule has 0 N–H and O–H groups in total. The van der Waals surface area contributed by atoms with Crippen LogP contribution in [0.2, 0.25) is 5.02 Å². The van der Waals surface area contributed by atoms with E-state index in [0.717, 1.165) is 6.42 Å². The summed E-state index contributed by atoms with van der Waals surface area (Å²) in [4.78, 5) is 11.5. The van der Waals surface area contributed by atoms with E-state index in [1.54, 1.807) is 0 Å². The van der Waals surface area contributed by atoms with Gasteiger partial charge >= 0.3 is 0 Å². The van der Waals surface area contributed by atoms with Crippen molar-refractivity contribution in [2.45, 2.75) is 20.3 Å². The Morgan fingerprint density at radius 3 is 2.81 bits per heavy atom. The van der Waals surface area contributed by atoms with Gasteiger partial charge in [0.25, 0.3) is 0 Å². The van der Waals surface area contributed by atoms with Gasteiger partial charge in [0.05, 0.1) is 5.02 Å². The van der Waals surface area contributed by atoms with Crippen LogP contribution < -0.4 is 4.74 Å². The summed E-state index contributed by atoms with van der Waals surface area (Å²) < 4.78 is 18.1. The molecule has 0 heterocycles. The van der Waals surface area contributed by atoms with E-state index in [1.165, 1.54) is 18.2 Å². The Hall–Kier alpha value is -1.09. The number of hydrogen-bond acceptors (Lipinski definition) is 2. The highest BCUT2D eigenvalue weighted by Gasteiger charge is 2.11. The third kappa shape index (κ3) is 3.49. The summed E-state index contributed by atoms with van der Waals surface area (Å²) >= 11 is 5.58. The molecule has 0 aliphatic heterocycles. The van der Waals surface area contributed by atoms with Crippen LogP contribution in [0.15, 0.2) is 18.2 Å². The Morgan fingerprint density at radius 1 is 1.56 bits per heavy atom. The van der Waals surface area contributed by atoms with Gasteiger partial charge in [0.2, 0.25) is 0 Å². The summed E-state index contributed by atoms with van der Waals surface area (Å²) in [6.07, 6.45) is 0.784. The number of rotatable bonds is 5. The Balaban J connectivity index is 2.55. The molecular formula is C12H14ClFO2. The summed E-state index contributed by atoms with van der Waals surface area (Å²) in [6, 6.07) is 4.03. The predicted octanol–water partition coefficient (Wildman–Crippen LogP) is 3.47. The Morgan fingerprint density at radius 2 is 2.25 bits per heavy atom. The molecule has 0 aliphatic carbocycles. The molecule has 1 unspecified atom stereocenters. The van der Waals surface area contributed by atoms with Crippen LogP contribution in [0.5, 0.6) is 5.75 Å². The van der Waals surface area contributed by atoms with Crippen molar-refractivity contribution in [3.63, 3.8) is 0 Å². The lowest BCUT2D eigenvalue weighted by Gasteiger charge is -2.09. The first-order valence-corrected chi connectivity index (χ1v) is 5.53. The monoisotopic (exact) mass is 244 g/mol. The van der Waals surface area contributed by atoms with Gasteiger partial charge in [-0.25, -0.2) is 4.39 Å². The molecule has 0 aliphatic rings. The van der Waals surface area contributed by atoms with E-state index in [1.807, 2.05) is 13.8 Å². The van der Waals surface area contributed by atoms with E-state index >= 15 is 0 Å². The third-order valence-electron chi connectivity index (χ3n) is 2.43. The Kier molecular flexibility index (Phi) is 4.74. The summed E-state index contributed by atoms with van der Waals surface area (Å²) in [5.41, 5.74) is 0. The van der Waals surface area contributed by atoms with Gasteiger partial charge in [0.15, 0.2) is 5.78 Å². The van der Waals surface area contributed by atoms with Crippen LogP contribution in [0.25, 0.3) is 0 Å². The van der Waals surface area contributed by atoms with Crippen molar-refractivity contribution in [3.8, 4) is 5.75 Å². The Labute approximate surface area is 99.4 Å². The van der Waals surface area contributed by atoms with E-state index in [2.05, 4.69) is 0 Å². The third-order valence-corrected chi connectivity index (χ3v) is 2.72. The van der Waals surface area contributed by atoms with Gasteiger partial charge in [-0.3, -0.25) is 4.79 Å². The fraction of sp³-hybridized carbons (Fsp3) is 0.417. The zero-order valence-corrected chi connectivity index (χ0v) is 10.1. The van der Waals surface area contributed by atoms with Crippen molar-refractivity contribution >= 4 is 17.4 Å². The minimum atomic E-state index is -0.498. The topological polar surface area (TPSA) is 26.3 Å². The maximum absolute atomic E-state index is 12.8. The first-order valence-electron chi connectivity index (χ1n) is 5.15. The molecule has 1 atom stereocenters. The quantitative estimate of drug-likeness (QED) is 0.793. The zero-order chi connectivity index (χ0) is 12.1. The van der Waals surface area contributed by atoms with E-state index in [-0.39, 0.29) is 23.3 Å². The second kappa shape index (κ2) is 5.85. The molecule has 4 heteroatoms. The van der Waals surface area contributed by atoms with Crippen molar-refractivity contribution in [2.75, 3.05) is 6.61 Å². The van der Waals surface area contributed by atoms with Crippen LogP contribution >= 0.6 is 11.6 Å². The number of carbonyl (C=O) groups is 1. The number of ketones is 1. The predicted molar refractivity (Wildman–Crippen MR) is 61.4 cm³/mol. The second-order valence-corrected chi connectivity index (χ2v) is 4.05. The standard InChI is InChI=1S/C12H14ClFO2/c1-3-8(2)12(15)7-16-9-4-5-11(14)10(13)6-9/h4-6,8H,3,7H2,1-2H3. The molecule has 0 saturated carbocycles. The Bertz CT molecular complexity index is 379. The highest BCUT2D eigenvalue weighted by atomic mass is 35.5. The molecule has 88 valence electrons. The van der Waals surface area contributed by atoms with Crippen LogP contribution in [0.1, 0.15) is 20.3 Å². The molecular weight excluding hydrogens is 231 g/mol. The average Bonchev–Trinajstić information content (AvgIpc) is 2.29. The average molecular weight is 245 g/mol. The number of hydrogen-bond donors (Lipinski definition) is 0. The van der Waals surface area contributed by atoms with Crippen LogP contribution in [-0.4, -0.2) is 12.4 Å². The van der Waals surface area contributed by atoms with Crippen LogP contribution in [-0.2, 0) is 4.79 Å². The van der Waals surface area contributed by atoms with Crippen LogP contribution in [0, 0.1) is 11.7 Å². The van der Waals surface area contributed by atoms with Gasteiger partial charge in [-0.15, -0.1) is 0 Å². The molecule has 0 bridgehead atoms. The molecule has 0 fully saturated rings. The smallest absolute Gasteiger partial charge is 0.172 e. The molecule has 0 radical (unpaired) electrons. The molecule has 0 spiro atoms. The van der Waals surface area contributed by atoms with Crippen molar-refractivity contribution in [2.24, 2.45) is 5.92 Å². The summed E-state index contributed by atoms with van der Waals surface area (Å²) in [5.74, 6) is -0.0795. The van der Waals surface area contributed by atoms with Crippen molar-refractivity contribution in [3.05, 3.63) is 29.0 Å². The highest BCUT2D eigenvalue weighted by Crippen LogP contribution is 2.21. The lowest BCUT2D eigenvalue weighted by molar-refractivity contribution is -0.124. The zero-order valence-electron chi connectivity index (χ0n) is 9.30.